The van der Waals surface area contributed by atoms with E-state index in [2.05, 4.69) is 25.8 Å². The summed E-state index contributed by atoms with van der Waals surface area (Å²) in [6, 6.07) is 10.1. The number of aliphatic imine (C=N–C) groups is 3. The van der Waals surface area contributed by atoms with Crippen molar-refractivity contribution < 1.29 is 4.79 Å². The lowest BCUT2D eigenvalue weighted by atomic mass is 9.71. The minimum absolute atomic E-state index is 0.0584. The first kappa shape index (κ1) is 23.6. The van der Waals surface area contributed by atoms with Gasteiger partial charge in [0.2, 0.25) is 0 Å². The molecule has 1 aromatic carbocycles. The van der Waals surface area contributed by atoms with E-state index in [1.807, 2.05) is 71.9 Å². The van der Waals surface area contributed by atoms with Crippen molar-refractivity contribution in [3.05, 3.63) is 35.9 Å². The summed E-state index contributed by atoms with van der Waals surface area (Å²) in [6.07, 6.45) is 3.66. The molecule has 2 bridgehead atoms. The lowest BCUT2D eigenvalue weighted by Crippen LogP contribution is -2.36. The smallest absolute Gasteiger partial charge is 0.252 e. The third-order valence-electron chi connectivity index (χ3n) is 6.93. The molecule has 1 aromatic rings. The minimum atomic E-state index is -0.551. The summed E-state index contributed by atoms with van der Waals surface area (Å²) in [5.74, 6) is 1.70. The molecule has 0 radical (unpaired) electrons. The maximum atomic E-state index is 12.7. The van der Waals surface area contributed by atoms with Crippen molar-refractivity contribution in [1.82, 2.24) is 0 Å². The Kier molecular flexibility index (Phi) is 5.92. The van der Waals surface area contributed by atoms with Crippen molar-refractivity contribution in [1.29, 1.82) is 0 Å². The van der Waals surface area contributed by atoms with Crippen molar-refractivity contribution >= 4 is 23.3 Å². The average molecular weight is 422 g/mol. The molecule has 0 spiro atoms. The summed E-state index contributed by atoms with van der Waals surface area (Å²) in [4.78, 5) is 27.5. The van der Waals surface area contributed by atoms with E-state index < -0.39 is 5.41 Å². The first-order valence-corrected chi connectivity index (χ1v) is 11.5. The molecule has 2 atom stereocenters. The average Bonchev–Trinajstić information content (AvgIpc) is 3.13. The number of hydrogen-bond acceptors (Lipinski definition) is 1. The van der Waals surface area contributed by atoms with Gasteiger partial charge in [-0.3, -0.25) is 4.79 Å². The Balaban J connectivity index is 2.19. The molecular formula is C27H39N3O. The van der Waals surface area contributed by atoms with Crippen LogP contribution in [0.5, 0.6) is 0 Å². The van der Waals surface area contributed by atoms with Crippen LogP contribution in [0.2, 0.25) is 0 Å². The van der Waals surface area contributed by atoms with E-state index in [1.54, 1.807) is 0 Å². The molecule has 2 aliphatic rings. The van der Waals surface area contributed by atoms with E-state index >= 15 is 0 Å². The van der Waals surface area contributed by atoms with Crippen LogP contribution in [0.3, 0.4) is 0 Å². The molecule has 0 saturated heterocycles. The third-order valence-corrected chi connectivity index (χ3v) is 6.93. The van der Waals surface area contributed by atoms with Gasteiger partial charge in [-0.2, -0.15) is 4.99 Å². The number of rotatable bonds is 1. The second kappa shape index (κ2) is 7.79. The normalized spacial score (nSPS) is 27.8. The molecule has 4 nitrogen and oxygen atoms in total. The van der Waals surface area contributed by atoms with Crippen LogP contribution >= 0.6 is 0 Å². The zero-order valence-corrected chi connectivity index (χ0v) is 20.8. The van der Waals surface area contributed by atoms with E-state index in [0.29, 0.717) is 17.6 Å². The zero-order valence-electron chi connectivity index (χ0n) is 20.8. The molecular weight excluding hydrogens is 382 g/mol. The Morgan fingerprint density at radius 1 is 0.935 bits per heavy atom. The van der Waals surface area contributed by atoms with Gasteiger partial charge in [0.1, 0.15) is 5.84 Å². The fourth-order valence-electron chi connectivity index (χ4n) is 4.89. The highest BCUT2D eigenvalue weighted by Crippen LogP contribution is 2.60. The van der Waals surface area contributed by atoms with E-state index in [-0.39, 0.29) is 22.2 Å². The molecule has 0 N–H and O–H groups in total. The molecule has 2 saturated carbocycles. The summed E-state index contributed by atoms with van der Waals surface area (Å²) in [7, 11) is 0. The lowest BCUT2D eigenvalue weighted by Gasteiger charge is -2.35. The Labute approximate surface area is 188 Å². The van der Waals surface area contributed by atoms with Gasteiger partial charge in [-0.25, -0.2) is 9.98 Å². The molecule has 2 unspecified atom stereocenters. The highest BCUT2D eigenvalue weighted by atomic mass is 16.1. The van der Waals surface area contributed by atoms with Gasteiger partial charge in [-0.15, -0.1) is 0 Å². The lowest BCUT2D eigenvalue weighted by molar-refractivity contribution is -0.124. The largest absolute Gasteiger partial charge is 0.272 e. The number of amides is 1. The van der Waals surface area contributed by atoms with Crippen LogP contribution in [0.25, 0.3) is 0 Å². The Hall–Kier alpha value is -2.10. The number of hydrogen-bond donors (Lipinski definition) is 0. The summed E-state index contributed by atoms with van der Waals surface area (Å²) in [5.41, 5.74) is 1.46. The van der Waals surface area contributed by atoms with Crippen LogP contribution in [0.4, 0.5) is 0 Å². The zero-order chi connectivity index (χ0) is 23.2. The van der Waals surface area contributed by atoms with Crippen LogP contribution in [0, 0.1) is 27.6 Å². The van der Waals surface area contributed by atoms with E-state index in [0.717, 1.165) is 5.56 Å². The molecule has 1 amide bonds. The maximum Gasteiger partial charge on any atom is 0.252 e. The number of benzene rings is 1. The number of fused-ring (bicyclic) bond motifs is 2. The molecule has 31 heavy (non-hydrogen) atoms. The van der Waals surface area contributed by atoms with Crippen LogP contribution in [0.1, 0.15) is 87.1 Å². The van der Waals surface area contributed by atoms with Crippen LogP contribution in [-0.2, 0) is 4.79 Å². The fraction of sp³-hybridized carbons (Fsp3) is 0.630. The quantitative estimate of drug-likeness (QED) is 0.366. The van der Waals surface area contributed by atoms with Gasteiger partial charge in [0.25, 0.3) is 5.91 Å². The van der Waals surface area contributed by atoms with Gasteiger partial charge in [0.05, 0.1) is 0 Å². The summed E-state index contributed by atoms with van der Waals surface area (Å²) < 4.78 is 0. The highest BCUT2D eigenvalue weighted by Gasteiger charge is 2.57. The second-order valence-corrected chi connectivity index (χ2v) is 12.2. The van der Waals surface area contributed by atoms with E-state index in [1.165, 1.54) is 25.0 Å². The molecule has 0 aliphatic heterocycles. The topological polar surface area (TPSA) is 54.1 Å². The predicted molar refractivity (Wildman–Crippen MR) is 131 cm³/mol. The standard InChI is InChI=1S/C27H39N3O/c1-24(2,3)22(30-23(31)25(4,5)6)29-20(18-13-11-10-12-14-18)28-21-26(7,8)19-15-16-27(21,9)17-19/h10-14,19H,15-17H2,1-9H3. The summed E-state index contributed by atoms with van der Waals surface area (Å²) in [5, 5.41) is 0. The molecule has 4 heteroatoms. The van der Waals surface area contributed by atoms with Crippen molar-refractivity contribution in [3.8, 4) is 0 Å². The Morgan fingerprint density at radius 2 is 1.55 bits per heavy atom. The van der Waals surface area contributed by atoms with Crippen LogP contribution in [0.15, 0.2) is 45.3 Å². The summed E-state index contributed by atoms with van der Waals surface area (Å²) >= 11 is 0. The number of amidine groups is 2. The van der Waals surface area contributed by atoms with Crippen molar-refractivity contribution in [3.63, 3.8) is 0 Å². The van der Waals surface area contributed by atoms with Crippen molar-refractivity contribution in [2.45, 2.75) is 81.6 Å². The first-order valence-electron chi connectivity index (χ1n) is 11.5. The van der Waals surface area contributed by atoms with Gasteiger partial charge in [-0.1, -0.05) is 92.6 Å². The molecule has 3 rings (SSSR count). The monoisotopic (exact) mass is 421 g/mol. The third kappa shape index (κ3) is 4.73. The van der Waals surface area contributed by atoms with Gasteiger partial charge < -0.3 is 0 Å². The number of nitrogens with zero attached hydrogens (tertiary/aromatic N) is 3. The maximum absolute atomic E-state index is 12.7. The van der Waals surface area contributed by atoms with E-state index in [9.17, 15) is 4.79 Å². The SMILES string of the molecule is CC(C)(C)C(=O)N=C(N=C(N=C1C2(C)CCC(C2)C1(C)C)c1ccccc1)C(C)(C)C. The molecule has 0 aromatic heterocycles. The molecule has 2 aliphatic carbocycles. The van der Waals surface area contributed by atoms with Crippen LogP contribution < -0.4 is 0 Å². The summed E-state index contributed by atoms with van der Waals surface area (Å²) in [6.45, 7) is 18.8. The van der Waals surface area contributed by atoms with Crippen LogP contribution in [-0.4, -0.2) is 23.3 Å². The first-order chi connectivity index (χ1) is 14.1. The van der Waals surface area contributed by atoms with Crippen molar-refractivity contribution in [2.24, 2.45) is 42.6 Å². The van der Waals surface area contributed by atoms with E-state index in [4.69, 9.17) is 9.98 Å². The molecule has 2 fully saturated rings. The van der Waals surface area contributed by atoms with Gasteiger partial charge in [0, 0.05) is 32.9 Å². The predicted octanol–water partition coefficient (Wildman–Crippen LogP) is 6.74. The second-order valence-electron chi connectivity index (χ2n) is 12.2. The number of carbonyl (C=O) groups is 1. The van der Waals surface area contributed by atoms with Gasteiger partial charge >= 0.3 is 0 Å². The number of carbonyl (C=O) groups excluding carboxylic acids is 1. The molecule has 0 heterocycles. The van der Waals surface area contributed by atoms with Gasteiger partial charge in [-0.05, 0) is 25.2 Å². The Bertz CT molecular complexity index is 932. The van der Waals surface area contributed by atoms with Gasteiger partial charge in [0.15, 0.2) is 5.84 Å². The Morgan fingerprint density at radius 3 is 2.03 bits per heavy atom. The fourth-order valence-corrected chi connectivity index (χ4v) is 4.89. The minimum Gasteiger partial charge on any atom is -0.272 e. The molecule has 168 valence electrons. The van der Waals surface area contributed by atoms with Crippen molar-refractivity contribution in [2.75, 3.05) is 0 Å². The highest BCUT2D eigenvalue weighted by molar-refractivity contribution is 6.15.